The summed E-state index contributed by atoms with van der Waals surface area (Å²) in [4.78, 5) is 12.7. The molecule has 1 aliphatic carbocycles. The summed E-state index contributed by atoms with van der Waals surface area (Å²) in [5.41, 5.74) is 5.93. The van der Waals surface area contributed by atoms with Crippen molar-refractivity contribution in [3.63, 3.8) is 0 Å². The third-order valence-electron chi connectivity index (χ3n) is 3.19. The van der Waals surface area contributed by atoms with Crippen molar-refractivity contribution in [2.24, 2.45) is 11.7 Å². The van der Waals surface area contributed by atoms with E-state index in [2.05, 4.69) is 5.32 Å². The van der Waals surface area contributed by atoms with Crippen molar-refractivity contribution in [1.29, 1.82) is 0 Å². The predicted octanol–water partition coefficient (Wildman–Crippen LogP) is 1.64. The number of methoxy groups -OCH3 is 1. The van der Waals surface area contributed by atoms with Crippen LogP contribution in [0.5, 0.6) is 5.75 Å². The van der Waals surface area contributed by atoms with Gasteiger partial charge in [-0.3, -0.25) is 4.79 Å². The van der Waals surface area contributed by atoms with Crippen LogP contribution in [0, 0.1) is 5.92 Å². The average Bonchev–Trinajstić information content (AvgIpc) is 3.27. The van der Waals surface area contributed by atoms with Crippen LogP contribution in [-0.4, -0.2) is 31.4 Å². The van der Waals surface area contributed by atoms with E-state index in [9.17, 15) is 4.79 Å². The van der Waals surface area contributed by atoms with Crippen LogP contribution in [0.1, 0.15) is 12.8 Å². The fraction of sp³-hybridized carbons (Fsp3) is 0.500. The third-order valence-corrected chi connectivity index (χ3v) is 4.20. The summed E-state index contributed by atoms with van der Waals surface area (Å²) in [6, 6.07) is 7.81. The minimum atomic E-state index is 0.0388. The fourth-order valence-electron chi connectivity index (χ4n) is 1.79. The summed E-state index contributed by atoms with van der Waals surface area (Å²) in [7, 11) is 1.64. The first-order chi connectivity index (χ1) is 9.19. The highest BCUT2D eigenvalue weighted by molar-refractivity contribution is 8.00. The number of nitrogens with two attached hydrogens (primary N) is 1. The van der Waals surface area contributed by atoms with Gasteiger partial charge in [-0.05, 0) is 43.0 Å². The van der Waals surface area contributed by atoms with Crippen LogP contribution in [-0.2, 0) is 4.79 Å². The van der Waals surface area contributed by atoms with Crippen molar-refractivity contribution in [2.75, 3.05) is 19.4 Å². The molecule has 1 atom stereocenters. The van der Waals surface area contributed by atoms with Gasteiger partial charge in [0.2, 0.25) is 5.91 Å². The number of benzene rings is 1. The van der Waals surface area contributed by atoms with Crippen LogP contribution >= 0.6 is 11.8 Å². The molecule has 1 aromatic rings. The highest BCUT2D eigenvalue weighted by Gasteiger charge is 2.28. The van der Waals surface area contributed by atoms with Gasteiger partial charge in [0, 0.05) is 17.5 Å². The van der Waals surface area contributed by atoms with E-state index in [-0.39, 0.29) is 11.9 Å². The van der Waals surface area contributed by atoms with Crippen molar-refractivity contribution in [2.45, 2.75) is 23.8 Å². The van der Waals surface area contributed by atoms with Gasteiger partial charge in [-0.15, -0.1) is 11.8 Å². The number of thioether (sulfide) groups is 1. The second-order valence-corrected chi connectivity index (χ2v) is 5.82. The minimum absolute atomic E-state index is 0.0388. The summed E-state index contributed by atoms with van der Waals surface area (Å²) in [5, 5.41) is 2.89. The molecule has 1 aliphatic rings. The predicted molar refractivity (Wildman–Crippen MR) is 77.4 cm³/mol. The Kier molecular flexibility index (Phi) is 5.10. The van der Waals surface area contributed by atoms with Gasteiger partial charge in [-0.1, -0.05) is 0 Å². The zero-order valence-electron chi connectivity index (χ0n) is 11.1. The van der Waals surface area contributed by atoms with Crippen LogP contribution in [0.2, 0.25) is 0 Å². The number of ether oxygens (including phenoxy) is 1. The highest BCUT2D eigenvalue weighted by atomic mass is 32.2. The maximum absolute atomic E-state index is 11.7. The first-order valence-electron chi connectivity index (χ1n) is 6.48. The lowest BCUT2D eigenvalue weighted by atomic mass is 10.2. The van der Waals surface area contributed by atoms with Gasteiger partial charge >= 0.3 is 0 Å². The molecule has 3 N–H and O–H groups in total. The van der Waals surface area contributed by atoms with Gasteiger partial charge in [0.15, 0.2) is 0 Å². The summed E-state index contributed by atoms with van der Waals surface area (Å²) in [6.45, 7) is 0.590. The molecular formula is C14H20N2O2S. The lowest BCUT2D eigenvalue weighted by Gasteiger charge is -2.11. The Hall–Kier alpha value is -1.20. The summed E-state index contributed by atoms with van der Waals surface area (Å²) >= 11 is 1.51. The lowest BCUT2D eigenvalue weighted by molar-refractivity contribution is -0.118. The molecule has 0 aliphatic heterocycles. The molecule has 0 aromatic heterocycles. The Balaban J connectivity index is 1.67. The Morgan fingerprint density at radius 3 is 2.74 bits per heavy atom. The molecule has 0 saturated heterocycles. The standard InChI is InChI=1S/C14H20N2O2S/c1-18-11-4-6-12(7-5-11)19-9-14(17)16-8-13(15)10-2-3-10/h4-7,10,13H,2-3,8-9,15H2,1H3,(H,16,17). The lowest BCUT2D eigenvalue weighted by Crippen LogP contribution is -2.39. The molecule has 1 unspecified atom stereocenters. The number of hydrogen-bond acceptors (Lipinski definition) is 4. The van der Waals surface area contributed by atoms with Gasteiger partial charge < -0.3 is 15.8 Å². The first kappa shape index (κ1) is 14.2. The Labute approximate surface area is 118 Å². The Morgan fingerprint density at radius 1 is 1.47 bits per heavy atom. The molecule has 104 valence electrons. The van der Waals surface area contributed by atoms with Crippen LogP contribution in [0.4, 0.5) is 0 Å². The minimum Gasteiger partial charge on any atom is -0.497 e. The van der Waals surface area contributed by atoms with Gasteiger partial charge in [-0.25, -0.2) is 0 Å². The van der Waals surface area contributed by atoms with Gasteiger partial charge in [0.1, 0.15) is 5.75 Å². The maximum Gasteiger partial charge on any atom is 0.230 e. The van der Waals surface area contributed by atoms with Crippen LogP contribution < -0.4 is 15.8 Å². The second-order valence-electron chi connectivity index (χ2n) is 4.77. The van der Waals surface area contributed by atoms with Crippen molar-refractivity contribution in [3.05, 3.63) is 24.3 Å². The number of carbonyl (C=O) groups is 1. The van der Waals surface area contributed by atoms with E-state index < -0.39 is 0 Å². The largest absolute Gasteiger partial charge is 0.497 e. The van der Waals surface area contributed by atoms with Gasteiger partial charge in [0.05, 0.1) is 12.9 Å². The average molecular weight is 280 g/mol. The normalized spacial score (nSPS) is 15.9. The van der Waals surface area contributed by atoms with E-state index in [0.717, 1.165) is 10.6 Å². The van der Waals surface area contributed by atoms with E-state index in [4.69, 9.17) is 10.5 Å². The number of carbonyl (C=O) groups excluding carboxylic acids is 1. The molecule has 1 fully saturated rings. The van der Waals surface area contributed by atoms with Crippen molar-refractivity contribution < 1.29 is 9.53 Å². The van der Waals surface area contributed by atoms with E-state index in [0.29, 0.717) is 18.2 Å². The van der Waals surface area contributed by atoms with E-state index in [1.54, 1.807) is 7.11 Å². The molecule has 0 spiro atoms. The molecule has 5 heteroatoms. The van der Waals surface area contributed by atoms with Gasteiger partial charge in [-0.2, -0.15) is 0 Å². The van der Waals surface area contributed by atoms with Crippen molar-refractivity contribution in [3.8, 4) is 5.75 Å². The van der Waals surface area contributed by atoms with E-state index >= 15 is 0 Å². The van der Waals surface area contributed by atoms with Gasteiger partial charge in [0.25, 0.3) is 0 Å². The SMILES string of the molecule is COc1ccc(SCC(=O)NCC(N)C2CC2)cc1. The number of rotatable bonds is 7. The quantitative estimate of drug-likeness (QED) is 0.745. The molecule has 1 amide bonds. The molecule has 1 aromatic carbocycles. The smallest absolute Gasteiger partial charge is 0.230 e. The zero-order chi connectivity index (χ0) is 13.7. The summed E-state index contributed by atoms with van der Waals surface area (Å²) in [5.74, 6) is 1.90. The monoisotopic (exact) mass is 280 g/mol. The molecular weight excluding hydrogens is 260 g/mol. The summed E-state index contributed by atoms with van der Waals surface area (Å²) < 4.78 is 5.09. The zero-order valence-corrected chi connectivity index (χ0v) is 11.9. The third kappa shape index (κ3) is 4.76. The molecule has 0 radical (unpaired) electrons. The molecule has 4 nitrogen and oxygen atoms in total. The first-order valence-corrected chi connectivity index (χ1v) is 7.46. The highest BCUT2D eigenvalue weighted by Crippen LogP contribution is 2.31. The van der Waals surface area contributed by atoms with E-state index in [1.807, 2.05) is 24.3 Å². The van der Waals surface area contributed by atoms with Crippen LogP contribution in [0.25, 0.3) is 0 Å². The molecule has 0 heterocycles. The number of amides is 1. The van der Waals surface area contributed by atoms with Crippen LogP contribution in [0.15, 0.2) is 29.2 Å². The number of hydrogen-bond donors (Lipinski definition) is 2. The van der Waals surface area contributed by atoms with Crippen molar-refractivity contribution >= 4 is 17.7 Å². The van der Waals surface area contributed by atoms with E-state index in [1.165, 1.54) is 24.6 Å². The summed E-state index contributed by atoms with van der Waals surface area (Å²) in [6.07, 6.45) is 2.41. The Morgan fingerprint density at radius 2 is 2.16 bits per heavy atom. The number of nitrogens with one attached hydrogen (secondary N) is 1. The molecule has 1 saturated carbocycles. The van der Waals surface area contributed by atoms with Crippen LogP contribution in [0.3, 0.4) is 0 Å². The molecule has 2 rings (SSSR count). The maximum atomic E-state index is 11.7. The Bertz CT molecular complexity index is 418. The van der Waals surface area contributed by atoms with Crippen molar-refractivity contribution in [1.82, 2.24) is 5.32 Å². The fourth-order valence-corrected chi connectivity index (χ4v) is 2.52. The molecule has 0 bridgehead atoms. The molecule has 19 heavy (non-hydrogen) atoms. The second kappa shape index (κ2) is 6.82. The topological polar surface area (TPSA) is 64.3 Å².